The van der Waals surface area contributed by atoms with Crippen molar-refractivity contribution in [2.24, 2.45) is 5.16 Å². The van der Waals surface area contributed by atoms with Gasteiger partial charge in [-0.25, -0.2) is 4.79 Å². The molecule has 0 N–H and O–H groups in total. The van der Waals surface area contributed by atoms with Gasteiger partial charge in [-0.05, 0) is 36.1 Å². The van der Waals surface area contributed by atoms with Crippen LogP contribution in [0.25, 0.3) is 0 Å². The number of nitro groups is 1. The zero-order valence-corrected chi connectivity index (χ0v) is 15.5. The number of benzene rings is 2. The fourth-order valence-electron chi connectivity index (χ4n) is 2.83. The van der Waals surface area contributed by atoms with E-state index in [1.807, 2.05) is 12.1 Å². The van der Waals surface area contributed by atoms with Crippen LogP contribution in [0.4, 0.5) is 5.69 Å². The summed E-state index contributed by atoms with van der Waals surface area (Å²) >= 11 is 3.51. The van der Waals surface area contributed by atoms with Gasteiger partial charge < -0.3 is 9.57 Å². The zero-order chi connectivity index (χ0) is 18.7. The Bertz CT molecular complexity index is 893. The standard InChI is InChI=1S/C18H15BrN2O5/c1-25-16-9-7-14(19)13-6-8-15(18(13)16)20-26-17(22)10-11-2-4-12(5-3-11)21(23)24/h2-5,7,9H,6,8,10H2,1H3/b20-15-. The Kier molecular flexibility index (Phi) is 5.32. The van der Waals surface area contributed by atoms with Gasteiger partial charge in [0.1, 0.15) is 5.75 Å². The summed E-state index contributed by atoms with van der Waals surface area (Å²) < 4.78 is 6.35. The minimum Gasteiger partial charge on any atom is -0.496 e. The summed E-state index contributed by atoms with van der Waals surface area (Å²) in [6.45, 7) is 0. The van der Waals surface area contributed by atoms with Gasteiger partial charge in [0.05, 0.1) is 24.2 Å². The molecule has 0 bridgehead atoms. The highest BCUT2D eigenvalue weighted by molar-refractivity contribution is 9.10. The number of non-ortho nitro benzene ring substituents is 1. The number of hydrogen-bond acceptors (Lipinski definition) is 6. The first-order valence-corrected chi connectivity index (χ1v) is 8.64. The molecule has 8 heteroatoms. The summed E-state index contributed by atoms with van der Waals surface area (Å²) in [6, 6.07) is 9.51. The van der Waals surface area contributed by atoms with Crippen LogP contribution in [0.3, 0.4) is 0 Å². The topological polar surface area (TPSA) is 91.0 Å². The predicted molar refractivity (Wildman–Crippen MR) is 98.4 cm³/mol. The lowest BCUT2D eigenvalue weighted by Crippen LogP contribution is -2.07. The summed E-state index contributed by atoms with van der Waals surface area (Å²) in [5.41, 5.74) is 3.19. The van der Waals surface area contributed by atoms with E-state index in [1.165, 1.54) is 24.3 Å². The molecule has 26 heavy (non-hydrogen) atoms. The highest BCUT2D eigenvalue weighted by Crippen LogP contribution is 2.36. The van der Waals surface area contributed by atoms with Gasteiger partial charge in [0.2, 0.25) is 0 Å². The normalized spacial score (nSPS) is 14.2. The van der Waals surface area contributed by atoms with Gasteiger partial charge in [-0.3, -0.25) is 10.1 Å². The van der Waals surface area contributed by atoms with Crippen molar-refractivity contribution in [1.82, 2.24) is 0 Å². The number of methoxy groups -OCH3 is 1. The maximum absolute atomic E-state index is 12.0. The number of fused-ring (bicyclic) bond motifs is 1. The van der Waals surface area contributed by atoms with Gasteiger partial charge in [0.15, 0.2) is 0 Å². The maximum Gasteiger partial charge on any atom is 0.339 e. The second-order valence-corrected chi connectivity index (χ2v) is 6.56. The number of carbonyl (C=O) groups excluding carboxylic acids is 1. The lowest BCUT2D eigenvalue weighted by atomic mass is 10.1. The van der Waals surface area contributed by atoms with Crippen molar-refractivity contribution in [3.05, 3.63) is 67.7 Å². The molecule has 0 fully saturated rings. The molecule has 0 saturated heterocycles. The average molecular weight is 419 g/mol. The molecular formula is C18H15BrN2O5. The van der Waals surface area contributed by atoms with E-state index in [2.05, 4.69) is 21.1 Å². The van der Waals surface area contributed by atoms with Gasteiger partial charge in [0, 0.05) is 22.2 Å². The molecule has 1 aliphatic carbocycles. The minimum atomic E-state index is -0.534. The highest BCUT2D eigenvalue weighted by atomic mass is 79.9. The van der Waals surface area contributed by atoms with Crippen LogP contribution in [0.5, 0.6) is 5.75 Å². The maximum atomic E-state index is 12.0. The van der Waals surface area contributed by atoms with Crippen LogP contribution in [0.15, 0.2) is 46.0 Å². The Morgan fingerprint density at radius 1 is 1.23 bits per heavy atom. The number of carbonyl (C=O) groups is 1. The fraction of sp³-hybridized carbons (Fsp3) is 0.222. The van der Waals surface area contributed by atoms with Crippen molar-refractivity contribution in [2.45, 2.75) is 19.3 Å². The molecule has 2 aromatic carbocycles. The van der Waals surface area contributed by atoms with E-state index in [-0.39, 0.29) is 12.1 Å². The Morgan fingerprint density at radius 2 is 1.96 bits per heavy atom. The van der Waals surface area contributed by atoms with Gasteiger partial charge in [-0.1, -0.05) is 33.2 Å². The highest BCUT2D eigenvalue weighted by Gasteiger charge is 2.25. The molecule has 134 valence electrons. The molecule has 0 atom stereocenters. The fourth-order valence-corrected chi connectivity index (χ4v) is 3.36. The lowest BCUT2D eigenvalue weighted by molar-refractivity contribution is -0.384. The molecule has 0 unspecified atom stereocenters. The van der Waals surface area contributed by atoms with Gasteiger partial charge in [-0.15, -0.1) is 0 Å². The molecule has 1 aliphatic rings. The first-order valence-electron chi connectivity index (χ1n) is 7.85. The Balaban J connectivity index is 1.71. The van der Waals surface area contributed by atoms with Crippen molar-refractivity contribution in [3.63, 3.8) is 0 Å². The number of rotatable bonds is 5. The summed E-state index contributed by atoms with van der Waals surface area (Å²) in [4.78, 5) is 27.2. The van der Waals surface area contributed by atoms with Crippen molar-refractivity contribution < 1.29 is 19.3 Å². The number of hydrogen-bond donors (Lipinski definition) is 0. The zero-order valence-electron chi connectivity index (χ0n) is 13.9. The molecule has 0 spiro atoms. The second-order valence-electron chi connectivity index (χ2n) is 5.70. The number of nitro benzene ring substituents is 1. The molecular weight excluding hydrogens is 404 g/mol. The third kappa shape index (κ3) is 3.75. The van der Waals surface area contributed by atoms with Crippen LogP contribution in [-0.2, 0) is 22.5 Å². The second kappa shape index (κ2) is 7.65. The smallest absolute Gasteiger partial charge is 0.339 e. The number of halogens is 1. The summed E-state index contributed by atoms with van der Waals surface area (Å²) in [6.07, 6.45) is 1.42. The SMILES string of the molecule is COc1ccc(Br)c2c1/C(=N\OC(=O)Cc1ccc([N+](=O)[O-])cc1)CC2. The first kappa shape index (κ1) is 18.1. The summed E-state index contributed by atoms with van der Waals surface area (Å²) in [7, 11) is 1.58. The Hall–Kier alpha value is -2.74. The third-order valence-corrected chi connectivity index (χ3v) is 4.83. The van der Waals surface area contributed by atoms with Gasteiger partial charge in [-0.2, -0.15) is 0 Å². The van der Waals surface area contributed by atoms with E-state index < -0.39 is 10.9 Å². The molecule has 0 radical (unpaired) electrons. The quantitative estimate of drug-likeness (QED) is 0.418. The Morgan fingerprint density at radius 3 is 2.62 bits per heavy atom. The number of nitrogens with zero attached hydrogens (tertiary/aromatic N) is 2. The number of ether oxygens (including phenoxy) is 1. The van der Waals surface area contributed by atoms with Crippen LogP contribution in [0.1, 0.15) is 23.1 Å². The van der Waals surface area contributed by atoms with E-state index in [0.717, 1.165) is 22.0 Å². The molecule has 3 rings (SSSR count). The van der Waals surface area contributed by atoms with Crippen LogP contribution in [-0.4, -0.2) is 23.7 Å². The molecule has 0 saturated carbocycles. The summed E-state index contributed by atoms with van der Waals surface area (Å²) in [5.74, 6) is 0.152. The van der Waals surface area contributed by atoms with Gasteiger partial charge >= 0.3 is 5.97 Å². The van der Waals surface area contributed by atoms with Crippen molar-refractivity contribution in [1.29, 1.82) is 0 Å². The van der Waals surface area contributed by atoms with E-state index in [9.17, 15) is 14.9 Å². The van der Waals surface area contributed by atoms with Crippen molar-refractivity contribution in [3.8, 4) is 5.75 Å². The average Bonchev–Trinajstić information content (AvgIpc) is 3.06. The van der Waals surface area contributed by atoms with Crippen LogP contribution in [0.2, 0.25) is 0 Å². The molecule has 0 heterocycles. The van der Waals surface area contributed by atoms with E-state index in [0.29, 0.717) is 23.4 Å². The van der Waals surface area contributed by atoms with Crippen molar-refractivity contribution >= 4 is 33.3 Å². The lowest BCUT2D eigenvalue weighted by Gasteiger charge is -2.09. The molecule has 0 aliphatic heterocycles. The number of oxime groups is 1. The largest absolute Gasteiger partial charge is 0.496 e. The third-order valence-electron chi connectivity index (χ3n) is 4.09. The van der Waals surface area contributed by atoms with Gasteiger partial charge in [0.25, 0.3) is 5.69 Å². The van der Waals surface area contributed by atoms with Crippen molar-refractivity contribution in [2.75, 3.05) is 7.11 Å². The van der Waals surface area contributed by atoms with Crippen LogP contribution >= 0.6 is 15.9 Å². The first-order chi connectivity index (χ1) is 12.5. The molecule has 7 nitrogen and oxygen atoms in total. The Labute approximate surface area is 157 Å². The van der Waals surface area contributed by atoms with Crippen LogP contribution < -0.4 is 4.74 Å². The van der Waals surface area contributed by atoms with E-state index in [1.54, 1.807) is 7.11 Å². The molecule has 2 aromatic rings. The predicted octanol–water partition coefficient (Wildman–Crippen LogP) is 3.80. The minimum absolute atomic E-state index is 0.0166. The summed E-state index contributed by atoms with van der Waals surface area (Å²) in [5, 5.41) is 14.7. The van der Waals surface area contributed by atoms with E-state index >= 15 is 0 Å². The monoisotopic (exact) mass is 418 g/mol. The van der Waals surface area contributed by atoms with E-state index in [4.69, 9.17) is 9.57 Å². The molecule has 0 aromatic heterocycles. The molecule has 0 amide bonds. The van der Waals surface area contributed by atoms with Crippen LogP contribution in [0, 0.1) is 10.1 Å².